The van der Waals surface area contributed by atoms with E-state index >= 15 is 0 Å². The monoisotopic (exact) mass is 240 g/mol. The zero-order chi connectivity index (χ0) is 12.4. The summed E-state index contributed by atoms with van der Waals surface area (Å²) in [7, 11) is 0. The molecule has 2 nitrogen and oxygen atoms in total. The van der Waals surface area contributed by atoms with E-state index in [0.29, 0.717) is 0 Å². The molecule has 1 heterocycles. The van der Waals surface area contributed by atoms with E-state index in [4.69, 9.17) is 0 Å². The van der Waals surface area contributed by atoms with Gasteiger partial charge in [0.15, 0.2) is 0 Å². The average molecular weight is 240 g/mol. The zero-order valence-electron chi connectivity index (χ0n) is 11.0. The molecule has 0 spiro atoms. The second kappa shape index (κ2) is 4.97. The number of imidazole rings is 1. The van der Waals surface area contributed by atoms with Crippen molar-refractivity contribution >= 4 is 0 Å². The van der Waals surface area contributed by atoms with Crippen LogP contribution in [0.2, 0.25) is 0 Å². The van der Waals surface area contributed by atoms with E-state index in [1.807, 2.05) is 6.20 Å². The highest BCUT2D eigenvalue weighted by Crippen LogP contribution is 2.23. The Morgan fingerprint density at radius 3 is 3.00 bits per heavy atom. The van der Waals surface area contributed by atoms with E-state index in [9.17, 15) is 0 Å². The number of aromatic nitrogens is 2. The first-order chi connectivity index (χ1) is 8.86. The Morgan fingerprint density at radius 2 is 2.11 bits per heavy atom. The highest BCUT2D eigenvalue weighted by molar-refractivity contribution is 5.35. The maximum atomic E-state index is 4.44. The minimum absolute atomic E-state index is 0.961. The molecule has 2 aromatic rings. The Bertz CT molecular complexity index is 540. The van der Waals surface area contributed by atoms with Crippen molar-refractivity contribution in [2.24, 2.45) is 0 Å². The molecule has 1 aliphatic rings. The first-order valence-electron chi connectivity index (χ1n) is 6.97. The van der Waals surface area contributed by atoms with Gasteiger partial charge in [-0.15, -0.1) is 0 Å². The summed E-state index contributed by atoms with van der Waals surface area (Å²) in [5.41, 5.74) is 4.52. The van der Waals surface area contributed by atoms with Crippen LogP contribution in [0.25, 0.3) is 0 Å². The normalized spacial score (nSPS) is 13.8. The molecule has 0 radical (unpaired) electrons. The van der Waals surface area contributed by atoms with Gasteiger partial charge in [0.25, 0.3) is 0 Å². The Hall–Kier alpha value is -1.57. The van der Waals surface area contributed by atoms with Gasteiger partial charge >= 0.3 is 0 Å². The smallest absolute Gasteiger partial charge is 0.108 e. The van der Waals surface area contributed by atoms with Crippen LogP contribution in [0.1, 0.15) is 42.3 Å². The summed E-state index contributed by atoms with van der Waals surface area (Å²) in [6, 6.07) is 6.98. The molecule has 0 saturated heterocycles. The molecule has 2 heteroatoms. The Balaban J connectivity index is 1.81. The minimum Gasteiger partial charge on any atom is -0.331 e. The molecule has 1 aliphatic carbocycles. The lowest BCUT2D eigenvalue weighted by Gasteiger charge is -2.09. The van der Waals surface area contributed by atoms with Gasteiger partial charge in [-0.05, 0) is 42.4 Å². The van der Waals surface area contributed by atoms with Crippen molar-refractivity contribution in [3.8, 4) is 0 Å². The van der Waals surface area contributed by atoms with E-state index < -0.39 is 0 Å². The maximum Gasteiger partial charge on any atom is 0.108 e. The average Bonchev–Trinajstić information content (AvgIpc) is 2.99. The molecular weight excluding hydrogens is 220 g/mol. The first-order valence-corrected chi connectivity index (χ1v) is 6.97. The third kappa shape index (κ3) is 2.20. The van der Waals surface area contributed by atoms with Gasteiger partial charge in [0, 0.05) is 25.4 Å². The molecule has 0 aliphatic heterocycles. The van der Waals surface area contributed by atoms with Crippen molar-refractivity contribution in [2.75, 3.05) is 0 Å². The van der Waals surface area contributed by atoms with Crippen LogP contribution >= 0.6 is 0 Å². The molecule has 0 amide bonds. The van der Waals surface area contributed by atoms with Crippen molar-refractivity contribution < 1.29 is 0 Å². The molecular formula is C16H20N2. The lowest BCUT2D eigenvalue weighted by atomic mass is 10.1. The fourth-order valence-electron chi connectivity index (χ4n) is 2.86. The number of aryl methyl sites for hydroxylation is 3. The highest BCUT2D eigenvalue weighted by atomic mass is 15.1. The van der Waals surface area contributed by atoms with Crippen LogP contribution in [0.4, 0.5) is 0 Å². The second-order valence-corrected chi connectivity index (χ2v) is 5.18. The summed E-state index contributed by atoms with van der Waals surface area (Å²) in [5, 5.41) is 0. The summed E-state index contributed by atoms with van der Waals surface area (Å²) < 4.78 is 2.28. The third-order valence-electron chi connectivity index (χ3n) is 3.79. The number of rotatable bonds is 4. The van der Waals surface area contributed by atoms with Gasteiger partial charge < -0.3 is 4.57 Å². The highest BCUT2D eigenvalue weighted by Gasteiger charge is 2.11. The molecule has 0 unspecified atom stereocenters. The summed E-state index contributed by atoms with van der Waals surface area (Å²) in [4.78, 5) is 4.44. The number of hydrogen-bond acceptors (Lipinski definition) is 1. The van der Waals surface area contributed by atoms with Crippen LogP contribution in [0.3, 0.4) is 0 Å². The van der Waals surface area contributed by atoms with Crippen LogP contribution in [-0.2, 0) is 25.8 Å². The summed E-state index contributed by atoms with van der Waals surface area (Å²) in [6.07, 6.45) is 10.1. The van der Waals surface area contributed by atoms with Gasteiger partial charge in [-0.3, -0.25) is 0 Å². The Labute approximate surface area is 109 Å². The predicted molar refractivity (Wildman–Crippen MR) is 73.8 cm³/mol. The number of fused-ring (bicyclic) bond motifs is 1. The Morgan fingerprint density at radius 1 is 1.22 bits per heavy atom. The van der Waals surface area contributed by atoms with Crippen LogP contribution in [0.15, 0.2) is 30.6 Å². The predicted octanol–water partition coefficient (Wildman–Crippen LogP) is 3.37. The number of benzene rings is 1. The van der Waals surface area contributed by atoms with Crippen molar-refractivity contribution in [2.45, 2.75) is 45.6 Å². The van der Waals surface area contributed by atoms with Gasteiger partial charge in [-0.25, -0.2) is 4.98 Å². The molecule has 3 rings (SSSR count). The van der Waals surface area contributed by atoms with Gasteiger partial charge in [0.05, 0.1) is 0 Å². The van der Waals surface area contributed by atoms with Gasteiger partial charge in [0.1, 0.15) is 5.82 Å². The summed E-state index contributed by atoms with van der Waals surface area (Å²) in [6.45, 7) is 3.16. The molecule has 1 aromatic heterocycles. The molecule has 94 valence electrons. The zero-order valence-corrected chi connectivity index (χ0v) is 11.0. The number of hydrogen-bond donors (Lipinski definition) is 0. The van der Waals surface area contributed by atoms with Crippen LogP contribution in [0, 0.1) is 0 Å². The fourth-order valence-corrected chi connectivity index (χ4v) is 2.86. The molecule has 0 N–H and O–H groups in total. The molecule has 0 fully saturated rings. The van der Waals surface area contributed by atoms with Gasteiger partial charge in [0.2, 0.25) is 0 Å². The molecule has 0 bridgehead atoms. The van der Waals surface area contributed by atoms with E-state index in [0.717, 1.165) is 19.4 Å². The topological polar surface area (TPSA) is 17.8 Å². The van der Waals surface area contributed by atoms with Crippen LogP contribution in [0.5, 0.6) is 0 Å². The van der Waals surface area contributed by atoms with E-state index in [1.54, 1.807) is 11.1 Å². The van der Waals surface area contributed by atoms with Crippen molar-refractivity contribution in [3.63, 3.8) is 0 Å². The van der Waals surface area contributed by atoms with Gasteiger partial charge in [-0.2, -0.15) is 0 Å². The van der Waals surface area contributed by atoms with Crippen LogP contribution in [-0.4, -0.2) is 9.55 Å². The summed E-state index contributed by atoms with van der Waals surface area (Å²) >= 11 is 0. The second-order valence-electron chi connectivity index (χ2n) is 5.18. The molecule has 18 heavy (non-hydrogen) atoms. The SMILES string of the molecule is CCCc1nccn1Cc1ccc2c(c1)CCC2. The third-order valence-corrected chi connectivity index (χ3v) is 3.79. The van der Waals surface area contributed by atoms with Gasteiger partial charge in [-0.1, -0.05) is 25.1 Å². The van der Waals surface area contributed by atoms with Crippen molar-refractivity contribution in [1.82, 2.24) is 9.55 Å². The van der Waals surface area contributed by atoms with E-state index in [-0.39, 0.29) is 0 Å². The standard InChI is InChI=1S/C16H20N2/c1-2-4-16-17-9-10-18(16)12-13-7-8-14-5-3-6-15(14)11-13/h7-11H,2-6,12H2,1H3. The lowest BCUT2D eigenvalue weighted by Crippen LogP contribution is -2.04. The first kappa shape index (κ1) is 11.5. The minimum atomic E-state index is 0.961. The molecule has 1 aromatic carbocycles. The summed E-state index contributed by atoms with van der Waals surface area (Å²) in [5.74, 6) is 1.21. The number of nitrogens with zero attached hydrogens (tertiary/aromatic N) is 2. The van der Waals surface area contributed by atoms with E-state index in [2.05, 4.69) is 40.9 Å². The van der Waals surface area contributed by atoms with Crippen molar-refractivity contribution in [3.05, 3.63) is 53.1 Å². The lowest BCUT2D eigenvalue weighted by molar-refractivity contribution is 0.704. The van der Waals surface area contributed by atoms with Crippen molar-refractivity contribution in [1.29, 1.82) is 0 Å². The quantitative estimate of drug-likeness (QED) is 0.801. The largest absolute Gasteiger partial charge is 0.331 e. The Kier molecular flexibility index (Phi) is 3.18. The van der Waals surface area contributed by atoms with E-state index in [1.165, 1.54) is 30.7 Å². The maximum absolute atomic E-state index is 4.44. The molecule has 0 atom stereocenters. The fraction of sp³-hybridized carbons (Fsp3) is 0.438. The van der Waals surface area contributed by atoms with Crippen LogP contribution < -0.4 is 0 Å². The molecule has 0 saturated carbocycles.